The van der Waals surface area contributed by atoms with Crippen LogP contribution in [0.4, 0.5) is 19.1 Å². The summed E-state index contributed by atoms with van der Waals surface area (Å²) in [6, 6.07) is 3.68. The minimum atomic E-state index is -4.70. The molecular weight excluding hydrogens is 382 g/mol. The van der Waals surface area contributed by atoms with E-state index >= 15 is 0 Å². The molecule has 1 aromatic carbocycles. The Morgan fingerprint density at radius 2 is 2.00 bits per heavy atom. The second-order valence-corrected chi connectivity index (χ2v) is 5.79. The van der Waals surface area contributed by atoms with E-state index < -0.39 is 16.8 Å². The van der Waals surface area contributed by atoms with Gasteiger partial charge in [-0.25, -0.2) is 0 Å². The van der Waals surface area contributed by atoms with Gasteiger partial charge in [-0.2, -0.15) is 23.4 Å². The van der Waals surface area contributed by atoms with E-state index in [2.05, 4.69) is 10.3 Å². The van der Waals surface area contributed by atoms with Gasteiger partial charge < -0.3 is 14.8 Å². The number of alkyl halides is 3. The van der Waals surface area contributed by atoms with Crippen LogP contribution >= 0.6 is 23.2 Å². The van der Waals surface area contributed by atoms with Gasteiger partial charge in [0, 0.05) is 18.2 Å². The third-order valence-corrected chi connectivity index (χ3v) is 3.80. The molecule has 2 rings (SSSR count). The third kappa shape index (κ3) is 4.57. The number of benzene rings is 1. The molecule has 0 radical (unpaired) electrons. The molecule has 0 fully saturated rings. The molecule has 0 spiro atoms. The number of aliphatic hydroxyl groups excluding tert-OH is 1. The van der Waals surface area contributed by atoms with Crippen molar-refractivity contribution >= 4 is 29.1 Å². The average molecular weight is 394 g/mol. The van der Waals surface area contributed by atoms with Gasteiger partial charge in [0.1, 0.15) is 6.07 Å². The Kier molecular flexibility index (Phi) is 6.16. The number of halogens is 5. The monoisotopic (exact) mass is 393 g/mol. The largest absolute Gasteiger partial charge is 0.419 e. The lowest BCUT2D eigenvalue weighted by Crippen LogP contribution is -2.06. The molecule has 0 aliphatic heterocycles. The average Bonchev–Trinajstić information content (AvgIpc) is 2.95. The summed E-state index contributed by atoms with van der Waals surface area (Å²) in [7, 11) is 0. The van der Waals surface area contributed by atoms with Crippen LogP contribution in [0.25, 0.3) is 11.5 Å². The fourth-order valence-corrected chi connectivity index (χ4v) is 2.54. The Morgan fingerprint density at radius 1 is 1.28 bits per heavy atom. The van der Waals surface area contributed by atoms with E-state index in [0.29, 0.717) is 25.5 Å². The van der Waals surface area contributed by atoms with Crippen LogP contribution < -0.4 is 5.32 Å². The van der Waals surface area contributed by atoms with Crippen molar-refractivity contribution in [3.8, 4) is 17.5 Å². The van der Waals surface area contributed by atoms with E-state index in [0.717, 1.165) is 0 Å². The molecule has 5 nitrogen and oxygen atoms in total. The van der Waals surface area contributed by atoms with Crippen molar-refractivity contribution < 1.29 is 22.7 Å². The molecule has 0 aliphatic rings. The van der Waals surface area contributed by atoms with Crippen LogP contribution in [0.3, 0.4) is 0 Å². The number of hydrogen-bond donors (Lipinski definition) is 2. The van der Waals surface area contributed by atoms with Crippen molar-refractivity contribution in [1.29, 1.82) is 5.26 Å². The Balaban J connectivity index is 2.41. The van der Waals surface area contributed by atoms with Gasteiger partial charge in [-0.15, -0.1) is 0 Å². The summed E-state index contributed by atoms with van der Waals surface area (Å²) >= 11 is 11.6. The van der Waals surface area contributed by atoms with E-state index in [1.807, 2.05) is 0 Å². The topological polar surface area (TPSA) is 82.1 Å². The molecular formula is C15H12Cl2F3N3O2. The van der Waals surface area contributed by atoms with Crippen LogP contribution in [-0.4, -0.2) is 23.2 Å². The van der Waals surface area contributed by atoms with E-state index in [1.165, 1.54) is 6.07 Å². The van der Waals surface area contributed by atoms with Crippen LogP contribution in [-0.2, 0) is 6.18 Å². The van der Waals surface area contributed by atoms with Crippen molar-refractivity contribution in [3.63, 3.8) is 0 Å². The zero-order valence-corrected chi connectivity index (χ0v) is 14.1. The molecule has 0 saturated heterocycles. The summed E-state index contributed by atoms with van der Waals surface area (Å²) in [5.74, 6) is -0.237. The standard InChI is InChI=1S/C15H12Cl2F3N3O2/c16-8-5-9(12(17)10(6-8)15(18,19)20)13-23-11(7-21)14(25-13)22-3-1-2-4-24/h5-6,22,24H,1-4H2. The van der Waals surface area contributed by atoms with Crippen molar-refractivity contribution in [2.45, 2.75) is 19.0 Å². The number of hydrogen-bond acceptors (Lipinski definition) is 5. The highest BCUT2D eigenvalue weighted by Crippen LogP contribution is 2.42. The normalized spacial score (nSPS) is 11.4. The summed E-state index contributed by atoms with van der Waals surface area (Å²) < 4.78 is 44.5. The fourth-order valence-electron chi connectivity index (χ4n) is 2.02. The minimum Gasteiger partial charge on any atom is -0.419 e. The van der Waals surface area contributed by atoms with E-state index in [4.69, 9.17) is 38.0 Å². The highest BCUT2D eigenvalue weighted by Gasteiger charge is 2.35. The smallest absolute Gasteiger partial charge is 0.417 e. The first kappa shape index (κ1) is 19.4. The van der Waals surface area contributed by atoms with Gasteiger partial charge in [0.05, 0.1) is 16.1 Å². The first-order valence-electron chi connectivity index (χ1n) is 7.10. The first-order valence-corrected chi connectivity index (χ1v) is 7.85. The molecule has 2 aromatic rings. The predicted molar refractivity (Wildman–Crippen MR) is 86.5 cm³/mol. The molecule has 0 bridgehead atoms. The lowest BCUT2D eigenvalue weighted by Gasteiger charge is -2.11. The van der Waals surface area contributed by atoms with Gasteiger partial charge >= 0.3 is 6.18 Å². The summed E-state index contributed by atoms with van der Waals surface area (Å²) in [5.41, 5.74) is -1.41. The number of nitrogens with one attached hydrogen (secondary N) is 1. The number of aliphatic hydroxyl groups is 1. The minimum absolute atomic E-state index is 0.0139. The van der Waals surface area contributed by atoms with Gasteiger partial charge in [0.2, 0.25) is 17.5 Å². The van der Waals surface area contributed by atoms with Crippen LogP contribution in [0.2, 0.25) is 10.0 Å². The highest BCUT2D eigenvalue weighted by atomic mass is 35.5. The van der Waals surface area contributed by atoms with Crippen LogP contribution in [0.5, 0.6) is 0 Å². The number of unbranched alkanes of at least 4 members (excludes halogenated alkanes) is 1. The molecule has 25 heavy (non-hydrogen) atoms. The zero-order valence-electron chi connectivity index (χ0n) is 12.6. The summed E-state index contributed by atoms with van der Waals surface area (Å²) in [6.45, 7) is 0.410. The van der Waals surface area contributed by atoms with Crippen molar-refractivity contribution in [2.24, 2.45) is 0 Å². The zero-order chi connectivity index (χ0) is 18.6. The molecule has 0 amide bonds. The maximum Gasteiger partial charge on any atom is 0.417 e. The van der Waals surface area contributed by atoms with Gasteiger partial charge in [-0.1, -0.05) is 23.2 Å². The van der Waals surface area contributed by atoms with Gasteiger partial charge in [0.25, 0.3) is 0 Å². The number of nitrogens with zero attached hydrogens (tertiary/aromatic N) is 2. The van der Waals surface area contributed by atoms with Gasteiger partial charge in [0.15, 0.2) is 0 Å². The molecule has 0 unspecified atom stereocenters. The summed E-state index contributed by atoms with van der Waals surface area (Å²) in [6.07, 6.45) is -3.55. The van der Waals surface area contributed by atoms with Crippen molar-refractivity contribution in [1.82, 2.24) is 4.98 Å². The van der Waals surface area contributed by atoms with E-state index in [-0.39, 0.29) is 34.7 Å². The molecule has 0 aliphatic carbocycles. The number of aromatic nitrogens is 1. The van der Waals surface area contributed by atoms with E-state index in [9.17, 15) is 13.2 Å². The molecule has 10 heteroatoms. The predicted octanol–water partition coefficient (Wildman–Crippen LogP) is 4.72. The summed E-state index contributed by atoms with van der Waals surface area (Å²) in [5, 5.41) is 19.8. The Morgan fingerprint density at radius 3 is 2.60 bits per heavy atom. The fraction of sp³-hybridized carbons (Fsp3) is 0.333. The number of oxazole rings is 1. The Hall–Kier alpha value is -1.95. The van der Waals surface area contributed by atoms with Gasteiger partial charge in [-0.3, -0.25) is 0 Å². The molecule has 134 valence electrons. The Labute approximate surface area is 151 Å². The highest BCUT2D eigenvalue weighted by molar-refractivity contribution is 6.36. The quantitative estimate of drug-likeness (QED) is 0.693. The van der Waals surface area contributed by atoms with Crippen LogP contribution in [0.15, 0.2) is 16.5 Å². The Bertz CT molecular complexity index is 801. The SMILES string of the molecule is N#Cc1nc(-c2cc(Cl)cc(C(F)(F)F)c2Cl)oc1NCCCCO. The third-order valence-electron chi connectivity index (χ3n) is 3.18. The molecule has 1 heterocycles. The first-order chi connectivity index (χ1) is 11.8. The molecule has 0 atom stereocenters. The van der Waals surface area contributed by atoms with Crippen LogP contribution in [0.1, 0.15) is 24.1 Å². The summed E-state index contributed by atoms with van der Waals surface area (Å²) in [4.78, 5) is 3.87. The number of nitriles is 1. The number of anilines is 1. The van der Waals surface area contributed by atoms with Crippen molar-refractivity contribution in [3.05, 3.63) is 33.4 Å². The maximum absolute atomic E-state index is 13.0. The lowest BCUT2D eigenvalue weighted by atomic mass is 10.1. The lowest BCUT2D eigenvalue weighted by molar-refractivity contribution is -0.137. The van der Waals surface area contributed by atoms with Crippen molar-refractivity contribution in [2.75, 3.05) is 18.5 Å². The number of rotatable bonds is 6. The molecule has 0 saturated carbocycles. The van der Waals surface area contributed by atoms with Gasteiger partial charge in [-0.05, 0) is 25.0 Å². The van der Waals surface area contributed by atoms with E-state index in [1.54, 1.807) is 6.07 Å². The van der Waals surface area contributed by atoms with Crippen LogP contribution in [0, 0.1) is 11.3 Å². The molecule has 1 aromatic heterocycles. The molecule has 2 N–H and O–H groups in total. The second kappa shape index (κ2) is 7.95. The maximum atomic E-state index is 13.0. The second-order valence-electron chi connectivity index (χ2n) is 4.98.